The van der Waals surface area contributed by atoms with Crippen LogP contribution in [0.3, 0.4) is 0 Å². The summed E-state index contributed by atoms with van der Waals surface area (Å²) in [5, 5.41) is 0. The van der Waals surface area contributed by atoms with Crippen molar-refractivity contribution in [3.05, 3.63) is 29.6 Å². The van der Waals surface area contributed by atoms with E-state index in [0.29, 0.717) is 11.6 Å². The number of pyridine rings is 1. The molecule has 0 saturated carbocycles. The lowest BCUT2D eigenvalue weighted by molar-refractivity contribution is 0.00827. The molecule has 4 nitrogen and oxygen atoms in total. The van der Waals surface area contributed by atoms with E-state index >= 15 is 0 Å². The van der Waals surface area contributed by atoms with Crippen molar-refractivity contribution in [2.45, 2.75) is 5.92 Å². The maximum atomic E-state index is 11.1. The lowest BCUT2D eigenvalue weighted by Crippen LogP contribution is -2.25. The van der Waals surface area contributed by atoms with Crippen LogP contribution in [0, 0.1) is 0 Å². The van der Waals surface area contributed by atoms with Gasteiger partial charge in [0.25, 0.3) is 0 Å². The molecule has 0 bridgehead atoms. The van der Waals surface area contributed by atoms with Gasteiger partial charge < -0.3 is 9.47 Å². The number of methoxy groups -OCH3 is 1. The Morgan fingerprint density at radius 1 is 1.57 bits per heavy atom. The molecule has 0 amide bonds. The van der Waals surface area contributed by atoms with Crippen molar-refractivity contribution >= 4 is 5.97 Å². The third kappa shape index (κ3) is 1.61. The van der Waals surface area contributed by atoms with Crippen LogP contribution < -0.4 is 0 Å². The molecular formula is C10H11NO3. The zero-order chi connectivity index (χ0) is 9.97. The van der Waals surface area contributed by atoms with Gasteiger partial charge in [0.2, 0.25) is 0 Å². The van der Waals surface area contributed by atoms with Crippen molar-refractivity contribution in [2.24, 2.45) is 0 Å². The normalized spacial score (nSPS) is 16.1. The van der Waals surface area contributed by atoms with Gasteiger partial charge in [-0.1, -0.05) is 6.07 Å². The third-order valence-corrected chi connectivity index (χ3v) is 2.29. The lowest BCUT2D eigenvalue weighted by atomic mass is 9.99. The second-order valence-electron chi connectivity index (χ2n) is 3.20. The fourth-order valence-corrected chi connectivity index (χ4v) is 1.30. The molecule has 1 fully saturated rings. The minimum atomic E-state index is -0.401. The predicted octanol–water partition coefficient (Wildman–Crippen LogP) is 0.982. The molecule has 1 aromatic heterocycles. The first-order valence-electron chi connectivity index (χ1n) is 4.43. The monoisotopic (exact) mass is 193 g/mol. The number of hydrogen-bond donors (Lipinski definition) is 0. The molecule has 1 saturated heterocycles. The number of carbonyl (C=O) groups is 1. The van der Waals surface area contributed by atoms with Crippen LogP contribution in [0.15, 0.2) is 18.3 Å². The number of rotatable bonds is 2. The fourth-order valence-electron chi connectivity index (χ4n) is 1.30. The Kier molecular flexibility index (Phi) is 2.45. The predicted molar refractivity (Wildman–Crippen MR) is 49.1 cm³/mol. The highest BCUT2D eigenvalue weighted by atomic mass is 16.5. The summed E-state index contributed by atoms with van der Waals surface area (Å²) in [6.07, 6.45) is 1.71. The molecule has 0 aliphatic carbocycles. The average Bonchev–Trinajstić information content (AvgIpc) is 2.15. The summed E-state index contributed by atoms with van der Waals surface area (Å²) in [7, 11) is 1.34. The van der Waals surface area contributed by atoms with Crippen molar-refractivity contribution in [1.29, 1.82) is 0 Å². The molecular weight excluding hydrogens is 182 g/mol. The van der Waals surface area contributed by atoms with Crippen LogP contribution in [-0.2, 0) is 9.47 Å². The Morgan fingerprint density at radius 3 is 2.79 bits per heavy atom. The van der Waals surface area contributed by atoms with Gasteiger partial charge in [0, 0.05) is 12.1 Å². The van der Waals surface area contributed by atoms with Gasteiger partial charge in [-0.2, -0.15) is 0 Å². The van der Waals surface area contributed by atoms with E-state index in [0.717, 1.165) is 18.8 Å². The topological polar surface area (TPSA) is 48.4 Å². The van der Waals surface area contributed by atoms with E-state index in [1.807, 2.05) is 6.07 Å². The van der Waals surface area contributed by atoms with Crippen molar-refractivity contribution in [1.82, 2.24) is 4.98 Å². The third-order valence-electron chi connectivity index (χ3n) is 2.29. The Labute approximate surface area is 81.9 Å². The number of carbonyl (C=O) groups excluding carboxylic acids is 1. The van der Waals surface area contributed by atoms with Crippen molar-refractivity contribution in [3.63, 3.8) is 0 Å². The van der Waals surface area contributed by atoms with Gasteiger partial charge in [-0.15, -0.1) is 0 Å². The van der Waals surface area contributed by atoms with Gasteiger partial charge in [-0.3, -0.25) is 0 Å². The summed E-state index contributed by atoms with van der Waals surface area (Å²) in [5.74, 6) is 0.0376. The van der Waals surface area contributed by atoms with Gasteiger partial charge in [0.1, 0.15) is 5.69 Å². The van der Waals surface area contributed by atoms with E-state index in [9.17, 15) is 4.79 Å². The molecule has 2 rings (SSSR count). The van der Waals surface area contributed by atoms with Crippen LogP contribution in [0.25, 0.3) is 0 Å². The van der Waals surface area contributed by atoms with Crippen LogP contribution >= 0.6 is 0 Å². The Hall–Kier alpha value is -1.42. The Bertz CT molecular complexity index is 330. The number of esters is 1. The van der Waals surface area contributed by atoms with Crippen LogP contribution in [0.4, 0.5) is 0 Å². The molecule has 0 N–H and O–H groups in total. The summed E-state index contributed by atoms with van der Waals surface area (Å²) >= 11 is 0. The highest BCUT2D eigenvalue weighted by Gasteiger charge is 2.21. The average molecular weight is 193 g/mol. The molecule has 1 aliphatic heterocycles. The van der Waals surface area contributed by atoms with Crippen LogP contribution in [0.1, 0.15) is 22.0 Å². The first-order chi connectivity index (χ1) is 6.81. The molecule has 1 aliphatic rings. The molecule has 0 aromatic carbocycles. The molecule has 14 heavy (non-hydrogen) atoms. The summed E-state index contributed by atoms with van der Waals surface area (Å²) in [4.78, 5) is 15.1. The summed E-state index contributed by atoms with van der Waals surface area (Å²) in [5.41, 5.74) is 1.46. The second kappa shape index (κ2) is 3.75. The van der Waals surface area contributed by atoms with Crippen LogP contribution in [-0.4, -0.2) is 31.3 Å². The van der Waals surface area contributed by atoms with Crippen LogP contribution in [0.5, 0.6) is 0 Å². The molecule has 74 valence electrons. The van der Waals surface area contributed by atoms with E-state index in [-0.39, 0.29) is 0 Å². The van der Waals surface area contributed by atoms with E-state index < -0.39 is 5.97 Å². The minimum absolute atomic E-state index is 0.344. The summed E-state index contributed by atoms with van der Waals surface area (Å²) in [6.45, 7) is 1.50. The first-order valence-corrected chi connectivity index (χ1v) is 4.43. The van der Waals surface area contributed by atoms with E-state index in [4.69, 9.17) is 4.74 Å². The molecule has 1 aromatic rings. The quantitative estimate of drug-likeness (QED) is 0.657. The SMILES string of the molecule is COC(=O)c1ccc(C2COC2)cn1. The molecule has 2 heterocycles. The largest absolute Gasteiger partial charge is 0.464 e. The van der Waals surface area contributed by atoms with Gasteiger partial charge in [0.05, 0.1) is 20.3 Å². The zero-order valence-corrected chi connectivity index (χ0v) is 7.90. The maximum absolute atomic E-state index is 11.1. The highest BCUT2D eigenvalue weighted by molar-refractivity contribution is 5.86. The molecule has 4 heteroatoms. The number of aromatic nitrogens is 1. The Morgan fingerprint density at radius 2 is 2.36 bits per heavy atom. The van der Waals surface area contributed by atoms with Crippen molar-refractivity contribution in [2.75, 3.05) is 20.3 Å². The van der Waals surface area contributed by atoms with Gasteiger partial charge in [-0.25, -0.2) is 9.78 Å². The minimum Gasteiger partial charge on any atom is -0.464 e. The molecule has 0 unspecified atom stereocenters. The molecule has 0 spiro atoms. The Balaban J connectivity index is 2.13. The summed E-state index contributed by atoms with van der Waals surface area (Å²) in [6, 6.07) is 3.58. The second-order valence-corrected chi connectivity index (χ2v) is 3.20. The zero-order valence-electron chi connectivity index (χ0n) is 7.90. The summed E-state index contributed by atoms with van der Waals surface area (Å²) < 4.78 is 9.62. The molecule has 0 radical (unpaired) electrons. The van der Waals surface area contributed by atoms with Gasteiger partial charge >= 0.3 is 5.97 Å². The molecule has 0 atom stereocenters. The maximum Gasteiger partial charge on any atom is 0.356 e. The van der Waals surface area contributed by atoms with Crippen LogP contribution in [0.2, 0.25) is 0 Å². The standard InChI is InChI=1S/C10H11NO3/c1-13-10(12)9-3-2-7(4-11-9)8-5-14-6-8/h2-4,8H,5-6H2,1H3. The smallest absolute Gasteiger partial charge is 0.356 e. The number of ether oxygens (including phenoxy) is 2. The lowest BCUT2D eigenvalue weighted by Gasteiger charge is -2.25. The highest BCUT2D eigenvalue weighted by Crippen LogP contribution is 2.22. The first kappa shape index (κ1) is 9.15. The van der Waals surface area contributed by atoms with E-state index in [1.165, 1.54) is 7.11 Å². The number of hydrogen-bond acceptors (Lipinski definition) is 4. The van der Waals surface area contributed by atoms with Crippen molar-refractivity contribution < 1.29 is 14.3 Å². The number of nitrogens with zero attached hydrogens (tertiary/aromatic N) is 1. The van der Waals surface area contributed by atoms with Gasteiger partial charge in [-0.05, 0) is 11.6 Å². The van der Waals surface area contributed by atoms with Crippen molar-refractivity contribution in [3.8, 4) is 0 Å². The van der Waals surface area contributed by atoms with E-state index in [2.05, 4.69) is 9.72 Å². The fraction of sp³-hybridized carbons (Fsp3) is 0.400. The van der Waals surface area contributed by atoms with Gasteiger partial charge in [0.15, 0.2) is 0 Å². The van der Waals surface area contributed by atoms with E-state index in [1.54, 1.807) is 12.3 Å².